The van der Waals surface area contributed by atoms with Crippen LogP contribution in [0.2, 0.25) is 10.0 Å². The van der Waals surface area contributed by atoms with E-state index in [1.807, 2.05) is 24.5 Å². The Hall–Kier alpha value is -1.19. The minimum atomic E-state index is 0.627. The molecule has 0 amide bonds. The summed E-state index contributed by atoms with van der Waals surface area (Å²) in [6.07, 6.45) is 4.90. The average Bonchev–Trinajstić information content (AvgIpc) is 2.73. The fourth-order valence-electron chi connectivity index (χ4n) is 1.79. The minimum absolute atomic E-state index is 0.627. The summed E-state index contributed by atoms with van der Waals surface area (Å²) in [5.41, 5.74) is 0.901. The molecule has 0 saturated heterocycles. The van der Waals surface area contributed by atoms with Crippen molar-refractivity contribution in [3.05, 3.63) is 46.5 Å². The second kappa shape index (κ2) is 6.12. The first kappa shape index (κ1) is 13.2. The third-order valence-electron chi connectivity index (χ3n) is 2.58. The van der Waals surface area contributed by atoms with Crippen LogP contribution in [0.25, 0.3) is 0 Å². The molecule has 18 heavy (non-hydrogen) atoms. The smallest absolute Gasteiger partial charge is 0.128 e. The Kier molecular flexibility index (Phi) is 4.50. The summed E-state index contributed by atoms with van der Waals surface area (Å²) in [5, 5.41) is 4.53. The maximum Gasteiger partial charge on any atom is 0.128 e. The second-order valence-corrected chi connectivity index (χ2v) is 4.92. The van der Waals surface area contributed by atoms with Crippen molar-refractivity contribution >= 4 is 28.9 Å². The van der Waals surface area contributed by atoms with Gasteiger partial charge in [-0.25, -0.2) is 4.98 Å². The lowest BCUT2D eigenvalue weighted by Crippen LogP contribution is -2.08. The van der Waals surface area contributed by atoms with Crippen LogP contribution < -0.4 is 5.32 Å². The van der Waals surface area contributed by atoms with Crippen LogP contribution in [-0.4, -0.2) is 9.55 Å². The summed E-state index contributed by atoms with van der Waals surface area (Å²) in [6.45, 7) is 3.78. The number of hydrogen-bond acceptors (Lipinski definition) is 2. The number of aryl methyl sites for hydroxylation is 1. The fourth-order valence-corrected chi connectivity index (χ4v) is 2.31. The molecule has 0 aliphatic heterocycles. The number of aromatic nitrogens is 2. The highest BCUT2D eigenvalue weighted by Gasteiger charge is 2.03. The maximum absolute atomic E-state index is 5.95. The van der Waals surface area contributed by atoms with Gasteiger partial charge in [0.25, 0.3) is 0 Å². The molecule has 0 aliphatic rings. The van der Waals surface area contributed by atoms with Crippen molar-refractivity contribution in [2.75, 3.05) is 5.32 Å². The average molecular weight is 284 g/mol. The van der Waals surface area contributed by atoms with Crippen molar-refractivity contribution in [1.29, 1.82) is 0 Å². The SMILES string of the molecule is CCCn1ccnc1CNc1cc(Cl)cc(Cl)c1. The Morgan fingerprint density at radius 3 is 2.61 bits per heavy atom. The predicted octanol–water partition coefficient (Wildman–Crippen LogP) is 4.21. The van der Waals surface area contributed by atoms with Crippen LogP contribution in [0.4, 0.5) is 5.69 Å². The number of imidazole rings is 1. The quantitative estimate of drug-likeness (QED) is 0.891. The molecule has 2 aromatic rings. The third-order valence-corrected chi connectivity index (χ3v) is 3.02. The van der Waals surface area contributed by atoms with E-state index in [0.29, 0.717) is 16.6 Å². The highest BCUT2D eigenvalue weighted by Crippen LogP contribution is 2.22. The number of anilines is 1. The Morgan fingerprint density at radius 1 is 1.22 bits per heavy atom. The van der Waals surface area contributed by atoms with E-state index in [1.54, 1.807) is 6.07 Å². The molecule has 96 valence electrons. The zero-order chi connectivity index (χ0) is 13.0. The summed E-state index contributed by atoms with van der Waals surface area (Å²) in [4.78, 5) is 4.33. The van der Waals surface area contributed by atoms with Gasteiger partial charge in [0.05, 0.1) is 6.54 Å². The van der Waals surface area contributed by atoms with Crippen molar-refractivity contribution in [3.63, 3.8) is 0 Å². The lowest BCUT2D eigenvalue weighted by atomic mass is 10.3. The fraction of sp³-hybridized carbons (Fsp3) is 0.308. The maximum atomic E-state index is 5.95. The summed E-state index contributed by atoms with van der Waals surface area (Å²) < 4.78 is 2.14. The minimum Gasteiger partial charge on any atom is -0.378 e. The van der Waals surface area contributed by atoms with Gasteiger partial charge in [0, 0.05) is 34.7 Å². The molecule has 1 N–H and O–H groups in total. The van der Waals surface area contributed by atoms with E-state index in [1.165, 1.54) is 0 Å². The molecular formula is C13H15Cl2N3. The van der Waals surface area contributed by atoms with E-state index in [4.69, 9.17) is 23.2 Å². The highest BCUT2D eigenvalue weighted by atomic mass is 35.5. The van der Waals surface area contributed by atoms with Gasteiger partial charge in [0.1, 0.15) is 5.82 Å². The van der Waals surface area contributed by atoms with Crippen molar-refractivity contribution < 1.29 is 0 Å². The van der Waals surface area contributed by atoms with Crippen LogP contribution in [0.15, 0.2) is 30.6 Å². The Balaban J connectivity index is 2.04. The van der Waals surface area contributed by atoms with Gasteiger partial charge in [0.2, 0.25) is 0 Å². The third kappa shape index (κ3) is 3.40. The van der Waals surface area contributed by atoms with E-state index in [2.05, 4.69) is 21.8 Å². The monoisotopic (exact) mass is 283 g/mol. The van der Waals surface area contributed by atoms with Gasteiger partial charge in [-0.2, -0.15) is 0 Å². The first-order valence-electron chi connectivity index (χ1n) is 5.89. The molecule has 0 bridgehead atoms. The van der Waals surface area contributed by atoms with Crippen molar-refractivity contribution in [1.82, 2.24) is 9.55 Å². The number of rotatable bonds is 5. The molecule has 1 aromatic heterocycles. The van der Waals surface area contributed by atoms with Gasteiger partial charge >= 0.3 is 0 Å². The van der Waals surface area contributed by atoms with E-state index in [9.17, 15) is 0 Å². The van der Waals surface area contributed by atoms with Crippen LogP contribution in [0.1, 0.15) is 19.2 Å². The van der Waals surface area contributed by atoms with E-state index in [0.717, 1.165) is 24.5 Å². The molecule has 0 fully saturated rings. The van der Waals surface area contributed by atoms with E-state index in [-0.39, 0.29) is 0 Å². The normalized spacial score (nSPS) is 10.6. The van der Waals surface area contributed by atoms with Crippen LogP contribution in [0.5, 0.6) is 0 Å². The Labute approximate surface area is 117 Å². The predicted molar refractivity (Wildman–Crippen MR) is 76.3 cm³/mol. The number of nitrogens with zero attached hydrogens (tertiary/aromatic N) is 2. The Morgan fingerprint density at radius 2 is 1.94 bits per heavy atom. The molecule has 0 saturated carbocycles. The molecule has 0 atom stereocenters. The zero-order valence-electron chi connectivity index (χ0n) is 10.2. The van der Waals surface area contributed by atoms with Crippen molar-refractivity contribution in [2.24, 2.45) is 0 Å². The summed E-state index contributed by atoms with van der Waals surface area (Å²) in [5.74, 6) is 1.01. The van der Waals surface area contributed by atoms with Gasteiger partial charge in [-0.3, -0.25) is 0 Å². The van der Waals surface area contributed by atoms with Crippen LogP contribution >= 0.6 is 23.2 Å². The van der Waals surface area contributed by atoms with Gasteiger partial charge in [0.15, 0.2) is 0 Å². The number of hydrogen-bond donors (Lipinski definition) is 1. The molecule has 5 heteroatoms. The van der Waals surface area contributed by atoms with E-state index >= 15 is 0 Å². The molecule has 0 radical (unpaired) electrons. The second-order valence-electron chi connectivity index (χ2n) is 4.05. The lowest BCUT2D eigenvalue weighted by molar-refractivity contribution is 0.644. The van der Waals surface area contributed by atoms with Gasteiger partial charge < -0.3 is 9.88 Å². The Bertz CT molecular complexity index is 502. The first-order valence-corrected chi connectivity index (χ1v) is 6.64. The molecular weight excluding hydrogens is 269 g/mol. The van der Waals surface area contributed by atoms with Crippen molar-refractivity contribution in [3.8, 4) is 0 Å². The molecule has 2 rings (SSSR count). The molecule has 0 spiro atoms. The number of nitrogens with one attached hydrogen (secondary N) is 1. The molecule has 1 heterocycles. The van der Waals surface area contributed by atoms with Crippen LogP contribution in [0.3, 0.4) is 0 Å². The zero-order valence-corrected chi connectivity index (χ0v) is 11.7. The number of benzene rings is 1. The molecule has 1 aromatic carbocycles. The van der Waals surface area contributed by atoms with Gasteiger partial charge in [-0.1, -0.05) is 30.1 Å². The standard InChI is InChI=1S/C13H15Cl2N3/c1-2-4-18-5-3-16-13(18)9-17-12-7-10(14)6-11(15)8-12/h3,5-8,17H,2,4,9H2,1H3. The molecule has 0 aliphatic carbocycles. The topological polar surface area (TPSA) is 29.9 Å². The molecule has 3 nitrogen and oxygen atoms in total. The number of halogens is 2. The van der Waals surface area contributed by atoms with E-state index < -0.39 is 0 Å². The lowest BCUT2D eigenvalue weighted by Gasteiger charge is -2.09. The van der Waals surface area contributed by atoms with Gasteiger partial charge in [-0.05, 0) is 24.6 Å². The van der Waals surface area contributed by atoms with Crippen LogP contribution in [0, 0.1) is 0 Å². The highest BCUT2D eigenvalue weighted by molar-refractivity contribution is 6.35. The van der Waals surface area contributed by atoms with Gasteiger partial charge in [-0.15, -0.1) is 0 Å². The largest absolute Gasteiger partial charge is 0.378 e. The summed E-state index contributed by atoms with van der Waals surface area (Å²) >= 11 is 11.9. The first-order chi connectivity index (χ1) is 8.69. The van der Waals surface area contributed by atoms with Crippen LogP contribution in [-0.2, 0) is 13.1 Å². The summed E-state index contributed by atoms with van der Waals surface area (Å²) in [6, 6.07) is 5.41. The summed E-state index contributed by atoms with van der Waals surface area (Å²) in [7, 11) is 0. The molecule has 0 unspecified atom stereocenters. The van der Waals surface area contributed by atoms with Crippen molar-refractivity contribution in [2.45, 2.75) is 26.4 Å².